The number of nitrogens with zero attached hydrogens (tertiary/aromatic N) is 3. The molecule has 5 nitrogen and oxygen atoms in total. The number of fused-ring (bicyclic) bond motifs is 1. The zero-order valence-corrected chi connectivity index (χ0v) is 14.8. The highest BCUT2D eigenvalue weighted by molar-refractivity contribution is 7.99. The molecule has 0 aliphatic carbocycles. The molecule has 0 saturated heterocycles. The van der Waals surface area contributed by atoms with Crippen molar-refractivity contribution in [3.63, 3.8) is 0 Å². The maximum Gasteiger partial charge on any atom is 0.417 e. The predicted octanol–water partition coefficient (Wildman–Crippen LogP) is 4.39. The molecule has 2 heterocycles. The van der Waals surface area contributed by atoms with Crippen LogP contribution < -0.4 is 4.74 Å². The Balaban J connectivity index is 1.82. The van der Waals surface area contributed by atoms with Crippen LogP contribution in [-0.4, -0.2) is 33.2 Å². The van der Waals surface area contributed by atoms with Gasteiger partial charge in [-0.25, -0.2) is 0 Å². The lowest BCUT2D eigenvalue weighted by atomic mass is 10.1. The van der Waals surface area contributed by atoms with Crippen LogP contribution in [0.3, 0.4) is 0 Å². The van der Waals surface area contributed by atoms with Crippen molar-refractivity contribution in [1.29, 1.82) is 0 Å². The smallest absolute Gasteiger partial charge is 0.417 e. The largest absolute Gasteiger partial charge is 0.497 e. The summed E-state index contributed by atoms with van der Waals surface area (Å²) in [5, 5.41) is 7.59. The van der Waals surface area contributed by atoms with E-state index in [0.29, 0.717) is 11.3 Å². The van der Waals surface area contributed by atoms with Crippen LogP contribution in [0.25, 0.3) is 5.65 Å². The van der Waals surface area contributed by atoms with Gasteiger partial charge in [-0.05, 0) is 30.3 Å². The maximum atomic E-state index is 12.9. The number of carbonyl (C=O) groups is 1. The van der Waals surface area contributed by atoms with E-state index in [-0.39, 0.29) is 27.4 Å². The molecule has 0 atom stereocenters. The third-order valence-corrected chi connectivity index (χ3v) is 4.72. The predicted molar refractivity (Wildman–Crippen MR) is 91.0 cm³/mol. The van der Waals surface area contributed by atoms with Gasteiger partial charge in [-0.15, -0.1) is 10.2 Å². The highest BCUT2D eigenvalue weighted by Crippen LogP contribution is 2.33. The summed E-state index contributed by atoms with van der Waals surface area (Å²) in [4.78, 5) is 12.2. The van der Waals surface area contributed by atoms with Crippen LogP contribution in [0.2, 0.25) is 5.02 Å². The summed E-state index contributed by atoms with van der Waals surface area (Å²) in [7, 11) is 1.52. The van der Waals surface area contributed by atoms with Crippen LogP contribution in [0.1, 0.15) is 15.9 Å². The van der Waals surface area contributed by atoms with E-state index < -0.39 is 11.7 Å². The molecule has 0 unspecified atom stereocenters. The molecule has 0 saturated carbocycles. The molecule has 0 N–H and O–H groups in total. The molecule has 0 spiro atoms. The van der Waals surface area contributed by atoms with Gasteiger partial charge in [-0.2, -0.15) is 13.2 Å². The number of carbonyl (C=O) groups excluding carboxylic acids is 1. The third-order valence-electron chi connectivity index (χ3n) is 3.50. The summed E-state index contributed by atoms with van der Waals surface area (Å²) >= 11 is 6.84. The number of Topliss-reactive ketones (excluding diaryl/α,β-unsaturated/α-hetero) is 1. The average molecular weight is 402 g/mol. The number of benzene rings is 1. The normalized spacial score (nSPS) is 11.7. The summed E-state index contributed by atoms with van der Waals surface area (Å²) in [5.74, 6) is 0.403. The molecule has 1 aromatic carbocycles. The zero-order valence-electron chi connectivity index (χ0n) is 13.2. The van der Waals surface area contributed by atoms with Crippen molar-refractivity contribution < 1.29 is 22.7 Å². The molecule has 0 amide bonds. The molecule has 3 aromatic rings. The van der Waals surface area contributed by atoms with E-state index in [4.69, 9.17) is 16.3 Å². The van der Waals surface area contributed by atoms with Crippen LogP contribution >= 0.6 is 23.4 Å². The zero-order chi connectivity index (χ0) is 18.9. The number of ether oxygens (including phenoxy) is 1. The lowest BCUT2D eigenvalue weighted by Gasteiger charge is -2.08. The Labute approximate surface area is 155 Å². The van der Waals surface area contributed by atoms with Crippen LogP contribution in [0.15, 0.2) is 41.7 Å². The summed E-state index contributed by atoms with van der Waals surface area (Å²) < 4.78 is 45.0. The number of thioether (sulfide) groups is 1. The summed E-state index contributed by atoms with van der Waals surface area (Å²) in [6.45, 7) is 0. The second-order valence-corrected chi connectivity index (χ2v) is 6.54. The Hall–Kier alpha value is -2.26. The Bertz CT molecular complexity index is 958. The van der Waals surface area contributed by atoms with Gasteiger partial charge in [0.25, 0.3) is 0 Å². The number of hydrogen-bond acceptors (Lipinski definition) is 5. The molecule has 0 aliphatic heterocycles. The molecule has 136 valence electrons. The summed E-state index contributed by atoms with van der Waals surface area (Å²) in [5.41, 5.74) is -0.363. The molecule has 2 aromatic heterocycles. The number of alkyl halides is 3. The van der Waals surface area contributed by atoms with E-state index in [1.807, 2.05) is 0 Å². The van der Waals surface area contributed by atoms with E-state index in [9.17, 15) is 18.0 Å². The number of halogens is 4. The van der Waals surface area contributed by atoms with Gasteiger partial charge in [-0.3, -0.25) is 9.20 Å². The number of pyridine rings is 1. The summed E-state index contributed by atoms with van der Waals surface area (Å²) in [6.07, 6.45) is -3.69. The van der Waals surface area contributed by atoms with E-state index >= 15 is 0 Å². The molecule has 0 fully saturated rings. The van der Waals surface area contributed by atoms with Crippen LogP contribution in [0, 0.1) is 0 Å². The fourth-order valence-electron chi connectivity index (χ4n) is 2.18. The van der Waals surface area contributed by atoms with Crippen molar-refractivity contribution in [3.05, 3.63) is 52.7 Å². The first kappa shape index (κ1) is 18.5. The SMILES string of the molecule is COc1ccc(C(=O)CSc2nnc3c(Cl)cc(C(F)(F)F)cn23)cc1. The van der Waals surface area contributed by atoms with Crippen molar-refractivity contribution in [1.82, 2.24) is 14.6 Å². The summed E-state index contributed by atoms with van der Waals surface area (Å²) in [6, 6.07) is 7.33. The van der Waals surface area contributed by atoms with Crippen LogP contribution in [-0.2, 0) is 6.18 Å². The molecule has 26 heavy (non-hydrogen) atoms. The monoisotopic (exact) mass is 401 g/mol. The highest BCUT2D eigenvalue weighted by atomic mass is 35.5. The van der Waals surface area contributed by atoms with Crippen LogP contribution in [0.4, 0.5) is 13.2 Å². The van der Waals surface area contributed by atoms with Gasteiger partial charge in [0.1, 0.15) is 5.75 Å². The fourth-order valence-corrected chi connectivity index (χ4v) is 3.23. The van der Waals surface area contributed by atoms with E-state index in [0.717, 1.165) is 28.4 Å². The molecule has 0 bridgehead atoms. The topological polar surface area (TPSA) is 56.5 Å². The Morgan fingerprint density at radius 3 is 2.58 bits per heavy atom. The van der Waals surface area contributed by atoms with Gasteiger partial charge in [0.15, 0.2) is 16.6 Å². The van der Waals surface area contributed by atoms with Gasteiger partial charge < -0.3 is 4.74 Å². The van der Waals surface area contributed by atoms with Gasteiger partial charge >= 0.3 is 6.18 Å². The van der Waals surface area contributed by atoms with E-state index in [1.54, 1.807) is 24.3 Å². The lowest BCUT2D eigenvalue weighted by Crippen LogP contribution is -2.07. The van der Waals surface area contributed by atoms with Crippen molar-refractivity contribution >= 4 is 34.8 Å². The van der Waals surface area contributed by atoms with Crippen molar-refractivity contribution in [2.75, 3.05) is 12.9 Å². The van der Waals surface area contributed by atoms with Gasteiger partial charge in [0.05, 0.1) is 23.4 Å². The van der Waals surface area contributed by atoms with Crippen molar-refractivity contribution in [3.8, 4) is 5.75 Å². The lowest BCUT2D eigenvalue weighted by molar-refractivity contribution is -0.137. The number of ketones is 1. The molecule has 0 aliphatic rings. The van der Waals surface area contributed by atoms with Gasteiger partial charge in [0.2, 0.25) is 0 Å². The first-order valence-corrected chi connectivity index (χ1v) is 8.57. The second kappa shape index (κ2) is 7.16. The number of hydrogen-bond donors (Lipinski definition) is 0. The number of rotatable bonds is 5. The fraction of sp³-hybridized carbons (Fsp3) is 0.188. The van der Waals surface area contributed by atoms with Crippen molar-refractivity contribution in [2.24, 2.45) is 0 Å². The molecule has 0 radical (unpaired) electrons. The Morgan fingerprint density at radius 2 is 1.96 bits per heavy atom. The first-order valence-electron chi connectivity index (χ1n) is 7.21. The number of aromatic nitrogens is 3. The molecule has 3 rings (SSSR count). The Kier molecular flexibility index (Phi) is 5.10. The third kappa shape index (κ3) is 3.78. The average Bonchev–Trinajstić information content (AvgIpc) is 3.02. The minimum Gasteiger partial charge on any atom is -0.497 e. The molecular formula is C16H11ClF3N3O2S. The number of methoxy groups -OCH3 is 1. The highest BCUT2D eigenvalue weighted by Gasteiger charge is 2.32. The van der Waals surface area contributed by atoms with Gasteiger partial charge in [-0.1, -0.05) is 23.4 Å². The van der Waals surface area contributed by atoms with E-state index in [2.05, 4.69) is 10.2 Å². The molecular weight excluding hydrogens is 391 g/mol. The second-order valence-electron chi connectivity index (χ2n) is 5.19. The standard InChI is InChI=1S/C16H11ClF3N3O2S/c1-25-11-4-2-9(3-5-11)13(24)8-26-15-22-21-14-12(17)6-10(7-23(14)15)16(18,19)20/h2-7H,8H2,1H3. The molecule has 10 heteroatoms. The Morgan fingerprint density at radius 1 is 1.27 bits per heavy atom. The van der Waals surface area contributed by atoms with Gasteiger partial charge in [0, 0.05) is 11.8 Å². The first-order chi connectivity index (χ1) is 12.3. The quantitative estimate of drug-likeness (QED) is 0.469. The maximum absolute atomic E-state index is 12.9. The van der Waals surface area contributed by atoms with Crippen molar-refractivity contribution in [2.45, 2.75) is 11.3 Å². The minimum absolute atomic E-state index is 0.0129. The minimum atomic E-state index is -4.55. The van der Waals surface area contributed by atoms with Crippen LogP contribution in [0.5, 0.6) is 5.75 Å². The van der Waals surface area contributed by atoms with E-state index in [1.165, 1.54) is 7.11 Å².